The Hall–Kier alpha value is -0.300. The third-order valence-electron chi connectivity index (χ3n) is 3.46. The lowest BCUT2D eigenvalue weighted by atomic mass is 9.85. The summed E-state index contributed by atoms with van der Waals surface area (Å²) in [6.07, 6.45) is 8.23. The minimum Gasteiger partial charge on any atom is -0.0888 e. The van der Waals surface area contributed by atoms with Crippen LogP contribution in [0.3, 0.4) is 0 Å². The molecule has 0 radical (unpaired) electrons. The molecule has 0 spiro atoms. The zero-order valence-corrected chi connectivity index (χ0v) is 10.7. The summed E-state index contributed by atoms with van der Waals surface area (Å²) in [5.41, 5.74) is 1.49. The molecule has 1 aromatic carbocycles. The van der Waals surface area contributed by atoms with Gasteiger partial charge in [0.05, 0.1) is 0 Å². The number of alkyl halides is 1. The molecule has 1 aliphatic rings. The van der Waals surface area contributed by atoms with E-state index in [1.165, 1.54) is 44.1 Å². The Morgan fingerprint density at radius 1 is 1.07 bits per heavy atom. The quantitative estimate of drug-likeness (QED) is 0.703. The summed E-state index contributed by atoms with van der Waals surface area (Å²) >= 11 is 3.83. The number of benzene rings is 1. The fraction of sp³-hybridized carbons (Fsp3) is 0.571. The van der Waals surface area contributed by atoms with Crippen LogP contribution < -0.4 is 0 Å². The van der Waals surface area contributed by atoms with E-state index in [-0.39, 0.29) is 0 Å². The van der Waals surface area contributed by atoms with Crippen LogP contribution in [0.25, 0.3) is 0 Å². The van der Waals surface area contributed by atoms with Crippen LogP contribution >= 0.6 is 15.9 Å². The Balaban J connectivity index is 1.82. The molecule has 2 unspecified atom stereocenters. The molecule has 2 rings (SSSR count). The van der Waals surface area contributed by atoms with E-state index in [9.17, 15) is 0 Å². The molecule has 1 heteroatoms. The highest BCUT2D eigenvalue weighted by Crippen LogP contribution is 2.32. The molecule has 0 saturated heterocycles. The molecule has 2 atom stereocenters. The molecule has 15 heavy (non-hydrogen) atoms. The van der Waals surface area contributed by atoms with Crippen molar-refractivity contribution in [1.82, 2.24) is 0 Å². The number of rotatable bonds is 3. The Kier molecular flexibility index (Phi) is 4.25. The highest BCUT2D eigenvalue weighted by atomic mass is 79.9. The van der Waals surface area contributed by atoms with Crippen molar-refractivity contribution >= 4 is 15.9 Å². The van der Waals surface area contributed by atoms with Crippen molar-refractivity contribution in [2.24, 2.45) is 5.92 Å². The lowest BCUT2D eigenvalue weighted by Crippen LogP contribution is -2.19. The van der Waals surface area contributed by atoms with E-state index in [2.05, 4.69) is 46.3 Å². The number of halogens is 1. The summed E-state index contributed by atoms with van der Waals surface area (Å²) in [6.45, 7) is 0. The van der Waals surface area contributed by atoms with Gasteiger partial charge in [0.1, 0.15) is 0 Å². The molecular weight excluding hydrogens is 248 g/mol. The molecule has 0 heterocycles. The van der Waals surface area contributed by atoms with Gasteiger partial charge in [-0.2, -0.15) is 0 Å². The first-order chi connectivity index (χ1) is 7.36. The summed E-state index contributed by atoms with van der Waals surface area (Å²) < 4.78 is 0. The third kappa shape index (κ3) is 3.34. The zero-order chi connectivity index (χ0) is 10.5. The minimum absolute atomic E-state index is 0.773. The van der Waals surface area contributed by atoms with Crippen LogP contribution in [-0.2, 0) is 6.42 Å². The van der Waals surface area contributed by atoms with Gasteiger partial charge >= 0.3 is 0 Å². The number of aryl methyl sites for hydroxylation is 1. The number of hydrogen-bond donors (Lipinski definition) is 0. The first-order valence-corrected chi connectivity index (χ1v) is 6.96. The van der Waals surface area contributed by atoms with Crippen LogP contribution in [0.15, 0.2) is 30.3 Å². The maximum atomic E-state index is 3.83. The van der Waals surface area contributed by atoms with Crippen molar-refractivity contribution < 1.29 is 0 Å². The lowest BCUT2D eigenvalue weighted by Gasteiger charge is -2.27. The predicted octanol–water partition coefficient (Wildman–Crippen LogP) is 4.57. The molecule has 0 bridgehead atoms. The predicted molar refractivity (Wildman–Crippen MR) is 69.4 cm³/mol. The van der Waals surface area contributed by atoms with Crippen molar-refractivity contribution in [3.05, 3.63) is 35.9 Å². The molecule has 0 N–H and O–H groups in total. The summed E-state index contributed by atoms with van der Waals surface area (Å²) in [7, 11) is 0. The van der Waals surface area contributed by atoms with Gasteiger partial charge in [-0.3, -0.25) is 0 Å². The van der Waals surface area contributed by atoms with Crippen LogP contribution in [0.1, 0.15) is 37.7 Å². The summed E-state index contributed by atoms with van der Waals surface area (Å²) in [5, 5.41) is 0. The highest BCUT2D eigenvalue weighted by molar-refractivity contribution is 9.09. The molecule has 0 aromatic heterocycles. The van der Waals surface area contributed by atoms with E-state index < -0.39 is 0 Å². The molecule has 1 aliphatic carbocycles. The van der Waals surface area contributed by atoms with E-state index in [4.69, 9.17) is 0 Å². The maximum Gasteiger partial charge on any atom is 0.0174 e. The molecule has 1 saturated carbocycles. The van der Waals surface area contributed by atoms with E-state index in [1.54, 1.807) is 0 Å². The fourth-order valence-corrected chi connectivity index (χ4v) is 3.34. The molecule has 0 aliphatic heterocycles. The fourth-order valence-electron chi connectivity index (χ4n) is 2.48. The zero-order valence-electron chi connectivity index (χ0n) is 9.16. The van der Waals surface area contributed by atoms with Gasteiger partial charge < -0.3 is 0 Å². The second-order valence-electron chi connectivity index (χ2n) is 4.58. The molecular formula is C14H19Br. The third-order valence-corrected chi connectivity index (χ3v) is 4.67. The Labute approximate surface area is 101 Å². The normalized spacial score (nSPS) is 26.5. The molecule has 82 valence electrons. The van der Waals surface area contributed by atoms with Gasteiger partial charge in [0.2, 0.25) is 0 Å². The second-order valence-corrected chi connectivity index (χ2v) is 5.76. The topological polar surface area (TPSA) is 0 Å². The molecule has 1 fully saturated rings. The monoisotopic (exact) mass is 266 g/mol. The van der Waals surface area contributed by atoms with Crippen molar-refractivity contribution in [2.45, 2.75) is 43.4 Å². The first kappa shape index (κ1) is 11.2. The van der Waals surface area contributed by atoms with E-state index >= 15 is 0 Å². The van der Waals surface area contributed by atoms with Gasteiger partial charge in [0.25, 0.3) is 0 Å². The summed E-state index contributed by atoms with van der Waals surface area (Å²) in [5.74, 6) is 0.902. The van der Waals surface area contributed by atoms with E-state index in [0.717, 1.165) is 10.7 Å². The average molecular weight is 267 g/mol. The van der Waals surface area contributed by atoms with Gasteiger partial charge in [0, 0.05) is 4.83 Å². The van der Waals surface area contributed by atoms with Crippen molar-refractivity contribution in [3.8, 4) is 0 Å². The van der Waals surface area contributed by atoms with Crippen LogP contribution in [0.2, 0.25) is 0 Å². The maximum absolute atomic E-state index is 3.83. The van der Waals surface area contributed by atoms with Crippen LogP contribution in [-0.4, -0.2) is 4.83 Å². The average Bonchev–Trinajstić information content (AvgIpc) is 2.29. The van der Waals surface area contributed by atoms with Gasteiger partial charge in [0.15, 0.2) is 0 Å². The largest absolute Gasteiger partial charge is 0.0888 e. The Bertz CT molecular complexity index is 281. The van der Waals surface area contributed by atoms with Crippen LogP contribution in [0.5, 0.6) is 0 Å². The Morgan fingerprint density at radius 2 is 1.80 bits per heavy atom. The van der Waals surface area contributed by atoms with Gasteiger partial charge in [-0.05, 0) is 37.2 Å². The van der Waals surface area contributed by atoms with Gasteiger partial charge in [-0.25, -0.2) is 0 Å². The molecule has 0 amide bonds. The summed E-state index contributed by atoms with van der Waals surface area (Å²) in [6, 6.07) is 10.9. The minimum atomic E-state index is 0.773. The lowest BCUT2D eigenvalue weighted by molar-refractivity contribution is 0.355. The van der Waals surface area contributed by atoms with Crippen LogP contribution in [0.4, 0.5) is 0 Å². The van der Waals surface area contributed by atoms with Crippen molar-refractivity contribution in [1.29, 1.82) is 0 Å². The van der Waals surface area contributed by atoms with E-state index in [0.29, 0.717) is 0 Å². The highest BCUT2D eigenvalue weighted by Gasteiger charge is 2.21. The van der Waals surface area contributed by atoms with Crippen LogP contribution in [0, 0.1) is 5.92 Å². The molecule has 0 nitrogen and oxygen atoms in total. The van der Waals surface area contributed by atoms with Gasteiger partial charge in [-0.1, -0.05) is 59.1 Å². The smallest absolute Gasteiger partial charge is 0.0174 e. The number of hydrogen-bond acceptors (Lipinski definition) is 0. The second kappa shape index (κ2) is 5.69. The van der Waals surface area contributed by atoms with Crippen molar-refractivity contribution in [3.63, 3.8) is 0 Å². The Morgan fingerprint density at radius 3 is 2.53 bits per heavy atom. The first-order valence-electron chi connectivity index (χ1n) is 6.04. The van der Waals surface area contributed by atoms with Crippen molar-refractivity contribution in [2.75, 3.05) is 0 Å². The SMILES string of the molecule is BrC1CCCCC1CCc1ccccc1. The van der Waals surface area contributed by atoms with Gasteiger partial charge in [-0.15, -0.1) is 0 Å². The standard InChI is InChI=1S/C14H19Br/c15-14-9-5-4-8-13(14)11-10-12-6-2-1-3-7-12/h1-3,6-7,13-14H,4-5,8-11H2. The van der Waals surface area contributed by atoms with E-state index in [1.807, 2.05) is 0 Å². The molecule has 1 aromatic rings. The summed E-state index contributed by atoms with van der Waals surface area (Å²) in [4.78, 5) is 0.773.